The third-order valence-electron chi connectivity index (χ3n) is 11.4. The number of phosphoric ester groups is 1. The van der Waals surface area contributed by atoms with Crippen molar-refractivity contribution in [1.29, 1.82) is 0 Å². The van der Waals surface area contributed by atoms with Crippen molar-refractivity contribution in [2.75, 3.05) is 54.1 Å². The van der Waals surface area contributed by atoms with Crippen LogP contribution in [-0.4, -0.2) is 98.2 Å². The van der Waals surface area contributed by atoms with Crippen LogP contribution >= 0.6 is 7.82 Å². The Kier molecular flexibility index (Phi) is 30.8. The lowest BCUT2D eigenvalue weighted by Gasteiger charge is -2.37. The van der Waals surface area contributed by atoms with Crippen LogP contribution in [0.25, 0.3) is 0 Å². The molecule has 1 fully saturated rings. The number of hydroxylamine groups is 2. The summed E-state index contributed by atoms with van der Waals surface area (Å²) in [5.74, 6) is -0.861. The quantitative estimate of drug-likeness (QED) is 0.0272. The number of hydrogen-bond acceptors (Lipinski definition) is 11. The molecule has 1 N–H and O–H groups in total. The highest BCUT2D eigenvalue weighted by Gasteiger charge is 2.50. The van der Waals surface area contributed by atoms with Crippen LogP contribution in [-0.2, 0) is 37.4 Å². The average Bonchev–Trinajstić information content (AvgIpc) is 3.40. The van der Waals surface area contributed by atoms with E-state index in [0.29, 0.717) is 24.1 Å². The summed E-state index contributed by atoms with van der Waals surface area (Å²) in [6.45, 7) is 8.71. The Bertz CT molecular complexity index is 1120. The van der Waals surface area contributed by atoms with E-state index in [1.54, 1.807) is 0 Å². The van der Waals surface area contributed by atoms with Crippen LogP contribution in [0.4, 0.5) is 0 Å². The second-order valence-corrected chi connectivity index (χ2v) is 20.3. The lowest BCUT2D eigenvalue weighted by molar-refractivity contribution is -0.870. The fourth-order valence-corrected chi connectivity index (χ4v) is 8.28. The third-order valence-corrected chi connectivity index (χ3v) is 12.4. The SMILES string of the molecule is CCCCCCCCCCCCCCCC(=O)OCC(COP(=O)([O-])OCC[N+](C)(C)C)OC(=O)CCCCCCCCCCCCC1(CCCC)OCC(C)(C)N1O. The molecule has 0 aromatic rings. The van der Waals surface area contributed by atoms with Crippen LogP contribution in [0.3, 0.4) is 0 Å². The van der Waals surface area contributed by atoms with Gasteiger partial charge in [0.1, 0.15) is 25.5 Å². The van der Waals surface area contributed by atoms with E-state index in [9.17, 15) is 24.3 Å². The van der Waals surface area contributed by atoms with Gasteiger partial charge >= 0.3 is 11.9 Å². The van der Waals surface area contributed by atoms with E-state index in [4.69, 9.17) is 23.3 Å². The number of quaternary nitrogens is 1. The number of ether oxygens (including phenoxy) is 3. The molecule has 0 spiro atoms. The fraction of sp³-hybridized carbons (Fsp3) is 0.957. The van der Waals surface area contributed by atoms with Gasteiger partial charge in [0.05, 0.1) is 39.9 Å². The monoisotopic (exact) mass is 863 g/mol. The molecule has 59 heavy (non-hydrogen) atoms. The van der Waals surface area contributed by atoms with E-state index in [2.05, 4.69) is 13.8 Å². The second kappa shape index (κ2) is 32.5. The first-order chi connectivity index (χ1) is 28.1. The summed E-state index contributed by atoms with van der Waals surface area (Å²) >= 11 is 0. The number of rotatable bonds is 40. The highest BCUT2D eigenvalue weighted by Crippen LogP contribution is 2.40. The number of carbonyl (C=O) groups is 2. The minimum atomic E-state index is -4.64. The zero-order valence-corrected chi connectivity index (χ0v) is 40.0. The molecule has 1 aliphatic heterocycles. The van der Waals surface area contributed by atoms with Gasteiger partial charge in [0.15, 0.2) is 6.10 Å². The lowest BCUT2D eigenvalue weighted by atomic mass is 9.95. The molecule has 13 heteroatoms. The molecule has 1 aliphatic rings. The number of phosphoric acid groups is 1. The van der Waals surface area contributed by atoms with E-state index >= 15 is 0 Å². The maximum absolute atomic E-state index is 12.8. The van der Waals surface area contributed by atoms with E-state index in [-0.39, 0.29) is 31.6 Å². The van der Waals surface area contributed by atoms with Crippen LogP contribution in [0.2, 0.25) is 0 Å². The summed E-state index contributed by atoms with van der Waals surface area (Å²) in [6.07, 6.45) is 29.6. The summed E-state index contributed by atoms with van der Waals surface area (Å²) in [7, 11) is 1.13. The maximum Gasteiger partial charge on any atom is 0.306 e. The predicted octanol–water partition coefficient (Wildman–Crippen LogP) is 11.2. The largest absolute Gasteiger partial charge is 0.756 e. The van der Waals surface area contributed by atoms with Crippen molar-refractivity contribution < 1.29 is 52.0 Å². The summed E-state index contributed by atoms with van der Waals surface area (Å²) < 4.78 is 40.2. The van der Waals surface area contributed by atoms with Crippen molar-refractivity contribution in [2.24, 2.45) is 0 Å². The van der Waals surface area contributed by atoms with Crippen molar-refractivity contribution >= 4 is 19.8 Å². The summed E-state index contributed by atoms with van der Waals surface area (Å²) in [5, 5.41) is 12.4. The molecule has 1 rings (SSSR count). The summed E-state index contributed by atoms with van der Waals surface area (Å²) in [5.41, 5.74) is -0.889. The Hall–Kier alpha value is -1.11. The Morgan fingerprint density at radius 1 is 0.678 bits per heavy atom. The van der Waals surface area contributed by atoms with Crippen LogP contribution in [0.5, 0.6) is 0 Å². The van der Waals surface area contributed by atoms with Crippen molar-refractivity contribution in [3.63, 3.8) is 0 Å². The van der Waals surface area contributed by atoms with Gasteiger partial charge in [-0.05, 0) is 52.4 Å². The topological polar surface area (TPSA) is 144 Å². The van der Waals surface area contributed by atoms with Gasteiger partial charge in [-0.25, -0.2) is 0 Å². The Labute approximate surface area is 361 Å². The number of likely N-dealkylation sites (N-methyl/N-ethyl adjacent to an activating group) is 1. The third kappa shape index (κ3) is 29.0. The van der Waals surface area contributed by atoms with Crippen LogP contribution in [0, 0.1) is 0 Å². The van der Waals surface area contributed by atoms with Crippen molar-refractivity contribution in [1.82, 2.24) is 5.06 Å². The number of hydrogen-bond donors (Lipinski definition) is 1. The Balaban J connectivity index is 2.32. The zero-order valence-electron chi connectivity index (χ0n) is 39.1. The van der Waals surface area contributed by atoms with Crippen LogP contribution in [0.15, 0.2) is 0 Å². The zero-order chi connectivity index (χ0) is 43.9. The summed E-state index contributed by atoms with van der Waals surface area (Å²) in [4.78, 5) is 37.7. The minimum Gasteiger partial charge on any atom is -0.756 e. The number of nitrogens with zero attached hydrogens (tertiary/aromatic N) is 2. The highest BCUT2D eigenvalue weighted by atomic mass is 31.2. The maximum atomic E-state index is 12.8. The van der Waals surface area contributed by atoms with Gasteiger partial charge in [-0.3, -0.25) is 14.2 Å². The molecule has 1 heterocycles. The molecule has 0 aliphatic carbocycles. The number of carbonyl (C=O) groups excluding carboxylic acids is 2. The van der Waals surface area contributed by atoms with Gasteiger partial charge in [-0.2, -0.15) is 5.06 Å². The van der Waals surface area contributed by atoms with Gasteiger partial charge in [0.2, 0.25) is 0 Å². The standard InChI is InChI=1S/C46H91N2O10P/c1-8-10-12-13-14-15-16-17-18-21-24-27-30-33-43(49)54-39-42(40-57-59(52,53)56-38-37-48(5,6)7)58-44(50)34-31-28-25-22-19-20-23-26-29-32-36-46(35-11-9-2)47(51)45(3,4)41-55-46/h42,51H,8-41H2,1-7H3. The second-order valence-electron chi connectivity index (χ2n) is 18.9. The number of esters is 2. The molecule has 12 nitrogen and oxygen atoms in total. The van der Waals surface area contributed by atoms with Gasteiger partial charge < -0.3 is 37.8 Å². The van der Waals surface area contributed by atoms with E-state index < -0.39 is 38.2 Å². The van der Waals surface area contributed by atoms with Crippen LogP contribution in [0.1, 0.15) is 214 Å². The van der Waals surface area contributed by atoms with Crippen molar-refractivity contribution in [3.05, 3.63) is 0 Å². The molecule has 350 valence electrons. The molecule has 3 unspecified atom stereocenters. The Morgan fingerprint density at radius 3 is 1.58 bits per heavy atom. The van der Waals surface area contributed by atoms with Gasteiger partial charge in [0.25, 0.3) is 7.82 Å². The van der Waals surface area contributed by atoms with Gasteiger partial charge in [-0.1, -0.05) is 149 Å². The predicted molar refractivity (Wildman–Crippen MR) is 235 cm³/mol. The Morgan fingerprint density at radius 2 is 1.12 bits per heavy atom. The molecule has 0 radical (unpaired) electrons. The molecule has 0 saturated carbocycles. The highest BCUT2D eigenvalue weighted by molar-refractivity contribution is 7.45. The van der Waals surface area contributed by atoms with Gasteiger partial charge in [-0.15, -0.1) is 0 Å². The summed E-state index contributed by atoms with van der Waals surface area (Å²) in [6, 6.07) is 0. The van der Waals surface area contributed by atoms with Crippen molar-refractivity contribution in [3.8, 4) is 0 Å². The molecular formula is C46H91N2O10P. The van der Waals surface area contributed by atoms with E-state index in [1.807, 2.05) is 35.0 Å². The first kappa shape index (κ1) is 55.9. The van der Waals surface area contributed by atoms with Crippen molar-refractivity contribution in [2.45, 2.75) is 231 Å². The van der Waals surface area contributed by atoms with E-state index in [0.717, 1.165) is 83.5 Å². The van der Waals surface area contributed by atoms with E-state index in [1.165, 1.54) is 88.5 Å². The number of unbranched alkanes of at least 4 members (excludes halogenated alkanes) is 22. The molecule has 0 bridgehead atoms. The first-order valence-corrected chi connectivity index (χ1v) is 25.4. The molecule has 0 amide bonds. The molecule has 0 aromatic carbocycles. The fourth-order valence-electron chi connectivity index (χ4n) is 7.55. The minimum absolute atomic E-state index is 0.0401. The smallest absolute Gasteiger partial charge is 0.306 e. The van der Waals surface area contributed by atoms with Crippen LogP contribution < -0.4 is 4.89 Å². The molecule has 3 atom stereocenters. The molecule has 1 saturated heterocycles. The molecule has 0 aromatic heterocycles. The lowest BCUT2D eigenvalue weighted by Crippen LogP contribution is -2.50. The molecular weight excluding hydrogens is 771 g/mol. The van der Waals surface area contributed by atoms with Gasteiger partial charge in [0, 0.05) is 12.8 Å². The average molecular weight is 863 g/mol. The normalized spacial score (nSPS) is 18.5. The first-order valence-electron chi connectivity index (χ1n) is 23.9.